The van der Waals surface area contributed by atoms with E-state index in [9.17, 15) is 0 Å². The topological polar surface area (TPSA) is 3.24 Å². The van der Waals surface area contributed by atoms with E-state index in [0.717, 1.165) is 11.4 Å². The third kappa shape index (κ3) is 4.73. The quantitative estimate of drug-likeness (QED) is 0.169. The van der Waals surface area contributed by atoms with Gasteiger partial charge in [0, 0.05) is 22.4 Å². The molecule has 0 aliphatic heterocycles. The fraction of sp³-hybridized carbons (Fsp3) is 0.0690. The lowest BCUT2D eigenvalue weighted by atomic mass is 9.70. The Morgan fingerprint density at radius 3 is 1.47 bits per heavy atom. The molecule has 59 heavy (non-hydrogen) atoms. The molecule has 0 unspecified atom stereocenters. The van der Waals surface area contributed by atoms with Gasteiger partial charge in [0.25, 0.3) is 0 Å². The van der Waals surface area contributed by atoms with Gasteiger partial charge in [-0.2, -0.15) is 0 Å². The average Bonchev–Trinajstić information content (AvgIpc) is 3.86. The van der Waals surface area contributed by atoms with Gasteiger partial charge in [-0.1, -0.05) is 190 Å². The first kappa shape index (κ1) is 33.9. The molecule has 0 bridgehead atoms. The zero-order valence-corrected chi connectivity index (χ0v) is 33.2. The van der Waals surface area contributed by atoms with Crippen LogP contribution in [0.5, 0.6) is 0 Å². The van der Waals surface area contributed by atoms with Gasteiger partial charge in [0.1, 0.15) is 0 Å². The first-order valence-electron chi connectivity index (χ1n) is 20.8. The van der Waals surface area contributed by atoms with E-state index in [1.54, 1.807) is 0 Å². The van der Waals surface area contributed by atoms with Crippen LogP contribution in [0.2, 0.25) is 0 Å². The molecule has 9 aromatic carbocycles. The normalized spacial score (nSPS) is 14.2. The maximum absolute atomic E-state index is 2.49. The van der Waals surface area contributed by atoms with Gasteiger partial charge in [-0.25, -0.2) is 0 Å². The third-order valence-corrected chi connectivity index (χ3v) is 13.5. The van der Waals surface area contributed by atoms with Gasteiger partial charge in [-0.3, -0.25) is 0 Å². The predicted molar refractivity (Wildman–Crippen MR) is 246 cm³/mol. The van der Waals surface area contributed by atoms with E-state index in [1.165, 1.54) is 94.7 Å². The lowest BCUT2D eigenvalue weighted by Gasteiger charge is -2.32. The predicted octanol–water partition coefficient (Wildman–Crippen LogP) is 15.1. The highest BCUT2D eigenvalue weighted by Crippen LogP contribution is 2.64. The fourth-order valence-electron chi connectivity index (χ4n) is 10.9. The molecule has 0 saturated heterocycles. The molecule has 0 atom stereocenters. The summed E-state index contributed by atoms with van der Waals surface area (Å²) in [7, 11) is 0. The Labute approximate surface area is 346 Å². The van der Waals surface area contributed by atoms with Crippen LogP contribution in [0.25, 0.3) is 55.6 Å². The number of nitrogens with zero attached hydrogens (tertiary/aromatic N) is 1. The Kier molecular flexibility index (Phi) is 7.26. The minimum Gasteiger partial charge on any atom is -0.310 e. The Morgan fingerprint density at radius 2 is 0.780 bits per heavy atom. The highest BCUT2D eigenvalue weighted by molar-refractivity contribution is 6.01. The van der Waals surface area contributed by atoms with Crippen LogP contribution in [0, 0.1) is 0 Å². The summed E-state index contributed by atoms with van der Waals surface area (Å²) < 4.78 is 0. The van der Waals surface area contributed by atoms with Crippen molar-refractivity contribution in [2.75, 3.05) is 4.90 Å². The molecule has 0 heterocycles. The molecule has 0 radical (unpaired) electrons. The molecule has 0 saturated carbocycles. The van der Waals surface area contributed by atoms with E-state index in [-0.39, 0.29) is 5.41 Å². The number of anilines is 3. The first-order valence-corrected chi connectivity index (χ1v) is 20.8. The van der Waals surface area contributed by atoms with Crippen molar-refractivity contribution in [3.8, 4) is 55.6 Å². The molecule has 0 N–H and O–H groups in total. The van der Waals surface area contributed by atoms with E-state index in [4.69, 9.17) is 0 Å². The van der Waals surface area contributed by atoms with Crippen molar-refractivity contribution in [1.29, 1.82) is 0 Å². The first-order chi connectivity index (χ1) is 29.0. The van der Waals surface area contributed by atoms with Crippen LogP contribution in [-0.4, -0.2) is 0 Å². The minimum atomic E-state index is -0.422. The second-order valence-corrected chi connectivity index (χ2v) is 16.8. The highest BCUT2D eigenvalue weighted by atomic mass is 15.1. The van der Waals surface area contributed by atoms with Gasteiger partial charge >= 0.3 is 0 Å². The van der Waals surface area contributed by atoms with E-state index >= 15 is 0 Å². The summed E-state index contributed by atoms with van der Waals surface area (Å²) in [6, 6.07) is 79.2. The van der Waals surface area contributed by atoms with Crippen molar-refractivity contribution in [2.24, 2.45) is 0 Å². The van der Waals surface area contributed by atoms with Gasteiger partial charge in [0.2, 0.25) is 0 Å². The molecule has 3 aliphatic rings. The Morgan fingerprint density at radius 1 is 0.305 bits per heavy atom. The monoisotopic (exact) mass is 751 g/mol. The second kappa shape index (κ2) is 12.6. The van der Waals surface area contributed by atoms with Crippen molar-refractivity contribution < 1.29 is 0 Å². The maximum atomic E-state index is 2.49. The Balaban J connectivity index is 1.08. The molecular weight excluding hydrogens is 711 g/mol. The number of hydrogen-bond donors (Lipinski definition) is 0. The lowest BCUT2D eigenvalue weighted by molar-refractivity contribution is 0.660. The van der Waals surface area contributed by atoms with Gasteiger partial charge in [-0.15, -0.1) is 0 Å². The minimum absolute atomic E-state index is 0.0310. The zero-order chi connectivity index (χ0) is 39.3. The Hall–Kier alpha value is -7.22. The molecule has 1 heteroatoms. The van der Waals surface area contributed by atoms with Gasteiger partial charge in [0.05, 0.1) is 11.1 Å². The molecule has 278 valence electrons. The van der Waals surface area contributed by atoms with Crippen molar-refractivity contribution >= 4 is 17.1 Å². The molecular formula is C58H41N. The molecule has 1 nitrogen and oxygen atoms in total. The van der Waals surface area contributed by atoms with Gasteiger partial charge in [0.15, 0.2) is 0 Å². The summed E-state index contributed by atoms with van der Waals surface area (Å²) in [6.45, 7) is 4.70. The average molecular weight is 752 g/mol. The van der Waals surface area contributed by atoms with Crippen LogP contribution < -0.4 is 4.90 Å². The molecule has 1 spiro atoms. The number of hydrogen-bond acceptors (Lipinski definition) is 1. The number of rotatable bonds is 5. The second-order valence-electron chi connectivity index (χ2n) is 16.8. The van der Waals surface area contributed by atoms with Crippen molar-refractivity contribution in [3.05, 3.63) is 246 Å². The standard InChI is InChI=1S/C58H41N/c1-57(2)49-24-10-6-22-46(49)48-37-41(32-35-50(48)57)40-18-14-19-43(36-40)59(42-33-30-39(31-34-42)38-16-4-3-5-17-38)55-29-15-28-54-56(55)47-23-9-13-27-53(47)58(54)51-25-11-7-20-44(51)45-21-8-12-26-52(45)58/h3-37H,1-2H3. The molecule has 0 amide bonds. The summed E-state index contributed by atoms with van der Waals surface area (Å²) in [5.41, 5.74) is 23.8. The lowest BCUT2D eigenvalue weighted by Crippen LogP contribution is -2.26. The molecule has 3 aliphatic carbocycles. The molecule has 12 rings (SSSR count). The summed E-state index contributed by atoms with van der Waals surface area (Å²) >= 11 is 0. The third-order valence-electron chi connectivity index (χ3n) is 13.5. The number of fused-ring (bicyclic) bond motifs is 13. The fourth-order valence-corrected chi connectivity index (χ4v) is 10.9. The smallest absolute Gasteiger partial charge is 0.0726 e. The Bertz CT molecular complexity index is 3090. The van der Waals surface area contributed by atoms with E-state index in [0.29, 0.717) is 0 Å². The van der Waals surface area contributed by atoms with Crippen molar-refractivity contribution in [1.82, 2.24) is 0 Å². The largest absolute Gasteiger partial charge is 0.310 e. The van der Waals surface area contributed by atoms with Crippen LogP contribution in [0.4, 0.5) is 17.1 Å². The van der Waals surface area contributed by atoms with Crippen LogP contribution in [0.3, 0.4) is 0 Å². The maximum Gasteiger partial charge on any atom is 0.0726 e. The van der Waals surface area contributed by atoms with Crippen LogP contribution in [0.1, 0.15) is 47.2 Å². The summed E-state index contributed by atoms with van der Waals surface area (Å²) in [4.78, 5) is 2.49. The molecule has 0 fully saturated rings. The van der Waals surface area contributed by atoms with E-state index in [1.807, 2.05) is 0 Å². The van der Waals surface area contributed by atoms with Gasteiger partial charge in [-0.05, 0) is 120 Å². The van der Waals surface area contributed by atoms with Crippen LogP contribution in [-0.2, 0) is 10.8 Å². The number of benzene rings is 9. The van der Waals surface area contributed by atoms with Gasteiger partial charge < -0.3 is 4.90 Å². The van der Waals surface area contributed by atoms with Crippen molar-refractivity contribution in [3.63, 3.8) is 0 Å². The summed E-state index contributed by atoms with van der Waals surface area (Å²) in [5.74, 6) is 0. The zero-order valence-electron chi connectivity index (χ0n) is 33.2. The molecule has 9 aromatic rings. The highest BCUT2D eigenvalue weighted by Gasteiger charge is 2.52. The van der Waals surface area contributed by atoms with Crippen molar-refractivity contribution in [2.45, 2.75) is 24.7 Å². The summed E-state index contributed by atoms with van der Waals surface area (Å²) in [5, 5.41) is 0. The van der Waals surface area contributed by atoms with E-state index < -0.39 is 5.41 Å². The van der Waals surface area contributed by atoms with Crippen LogP contribution >= 0.6 is 0 Å². The summed E-state index contributed by atoms with van der Waals surface area (Å²) in [6.07, 6.45) is 0. The SMILES string of the molecule is CC1(C)c2ccccc2-c2cc(-c3cccc(N(c4ccc(-c5ccccc5)cc4)c4cccc5c4-c4ccccc4C54c5ccccc5-c5ccccc54)c3)ccc21. The van der Waals surface area contributed by atoms with E-state index in [2.05, 4.69) is 231 Å². The van der Waals surface area contributed by atoms with Crippen LogP contribution in [0.15, 0.2) is 212 Å². The molecule has 0 aromatic heterocycles.